The van der Waals surface area contributed by atoms with Crippen LogP contribution >= 0.6 is 0 Å². The second-order valence-corrected chi connectivity index (χ2v) is 16.4. The van der Waals surface area contributed by atoms with Crippen molar-refractivity contribution in [3.63, 3.8) is 0 Å². The molecule has 6 heteroatoms. The van der Waals surface area contributed by atoms with Crippen molar-refractivity contribution in [2.45, 2.75) is 263 Å². The maximum Gasteiger partial charge on any atom is 0.249 e. The highest BCUT2D eigenvalue weighted by Crippen LogP contribution is 2.15. The van der Waals surface area contributed by atoms with E-state index in [4.69, 9.17) is 0 Å². The molecule has 324 valence electrons. The summed E-state index contributed by atoms with van der Waals surface area (Å²) in [7, 11) is 0. The molecule has 0 aliphatic heterocycles. The quantitative estimate of drug-likeness (QED) is 0.0313. The maximum atomic E-state index is 12.5. The van der Waals surface area contributed by atoms with Crippen LogP contribution in [0.15, 0.2) is 36.5 Å². The Morgan fingerprint density at radius 1 is 0.436 bits per heavy atom. The van der Waals surface area contributed by atoms with Gasteiger partial charge in [0.05, 0.1) is 18.8 Å². The smallest absolute Gasteiger partial charge is 0.249 e. The van der Waals surface area contributed by atoms with Gasteiger partial charge in [-0.2, -0.15) is 0 Å². The van der Waals surface area contributed by atoms with Crippen LogP contribution in [0.25, 0.3) is 0 Å². The molecule has 0 spiro atoms. The Balaban J connectivity index is 3.77. The van der Waals surface area contributed by atoms with Gasteiger partial charge < -0.3 is 25.7 Å². The molecule has 0 fully saturated rings. The number of nitrogens with one attached hydrogen (secondary N) is 1. The van der Waals surface area contributed by atoms with Crippen LogP contribution in [-0.2, 0) is 4.79 Å². The Hall–Kier alpha value is -1.47. The molecule has 0 saturated carbocycles. The van der Waals surface area contributed by atoms with Crippen molar-refractivity contribution >= 4 is 5.91 Å². The highest BCUT2D eigenvalue weighted by molar-refractivity contribution is 5.80. The van der Waals surface area contributed by atoms with E-state index in [0.717, 1.165) is 51.4 Å². The molecule has 4 atom stereocenters. The number of aliphatic hydroxyl groups is 4. The minimum atomic E-state index is -1.29. The topological polar surface area (TPSA) is 110 Å². The zero-order valence-corrected chi connectivity index (χ0v) is 36.4. The molecular formula is C49H93NO5. The van der Waals surface area contributed by atoms with E-state index in [1.54, 1.807) is 0 Å². The van der Waals surface area contributed by atoms with Gasteiger partial charge in [-0.05, 0) is 77.0 Å². The Labute approximate surface area is 341 Å². The summed E-state index contributed by atoms with van der Waals surface area (Å²) in [6.07, 6.45) is 51.8. The van der Waals surface area contributed by atoms with Gasteiger partial charge in [-0.3, -0.25) is 4.79 Å². The number of allylic oxidation sites excluding steroid dienone is 6. The number of unbranched alkanes of at least 4 members (excludes halogenated alkanes) is 28. The minimum Gasteiger partial charge on any atom is -0.394 e. The van der Waals surface area contributed by atoms with E-state index in [1.165, 1.54) is 154 Å². The van der Waals surface area contributed by atoms with Crippen LogP contribution in [0.1, 0.15) is 239 Å². The summed E-state index contributed by atoms with van der Waals surface area (Å²) in [6, 6.07) is -1.01. The zero-order chi connectivity index (χ0) is 40.3. The lowest BCUT2D eigenvalue weighted by atomic mass is 10.00. The average molecular weight is 776 g/mol. The van der Waals surface area contributed by atoms with Crippen LogP contribution in [0, 0.1) is 0 Å². The molecule has 55 heavy (non-hydrogen) atoms. The molecule has 0 aliphatic rings. The fourth-order valence-electron chi connectivity index (χ4n) is 7.24. The Kier molecular flexibility index (Phi) is 42.5. The van der Waals surface area contributed by atoms with Crippen molar-refractivity contribution in [2.24, 2.45) is 0 Å². The zero-order valence-electron chi connectivity index (χ0n) is 36.4. The lowest BCUT2D eigenvalue weighted by Gasteiger charge is -2.27. The predicted molar refractivity (Wildman–Crippen MR) is 237 cm³/mol. The Morgan fingerprint density at radius 2 is 0.764 bits per heavy atom. The second-order valence-electron chi connectivity index (χ2n) is 16.4. The molecule has 0 bridgehead atoms. The average Bonchev–Trinajstić information content (AvgIpc) is 3.19. The van der Waals surface area contributed by atoms with Gasteiger partial charge >= 0.3 is 0 Å². The van der Waals surface area contributed by atoms with E-state index in [0.29, 0.717) is 19.3 Å². The third kappa shape index (κ3) is 37.8. The van der Waals surface area contributed by atoms with Crippen LogP contribution < -0.4 is 5.32 Å². The second kappa shape index (κ2) is 43.6. The van der Waals surface area contributed by atoms with E-state index >= 15 is 0 Å². The minimum absolute atomic E-state index is 0.353. The van der Waals surface area contributed by atoms with Crippen LogP contribution in [0.4, 0.5) is 0 Å². The summed E-state index contributed by atoms with van der Waals surface area (Å²) in [5.74, 6) is -0.602. The first kappa shape index (κ1) is 53.5. The van der Waals surface area contributed by atoms with E-state index in [2.05, 4.69) is 55.6 Å². The molecule has 0 radical (unpaired) electrons. The predicted octanol–water partition coefficient (Wildman–Crippen LogP) is 12.9. The molecular weight excluding hydrogens is 683 g/mol. The van der Waals surface area contributed by atoms with Gasteiger partial charge in [0.25, 0.3) is 0 Å². The van der Waals surface area contributed by atoms with Crippen molar-refractivity contribution in [1.29, 1.82) is 0 Å². The number of aliphatic hydroxyl groups excluding tert-OH is 4. The Bertz CT molecular complexity index is 873. The number of amides is 1. The van der Waals surface area contributed by atoms with E-state index in [9.17, 15) is 25.2 Å². The number of hydrogen-bond donors (Lipinski definition) is 5. The van der Waals surface area contributed by atoms with Gasteiger partial charge in [-0.25, -0.2) is 0 Å². The monoisotopic (exact) mass is 776 g/mol. The molecule has 6 nitrogen and oxygen atoms in total. The molecule has 0 aliphatic carbocycles. The van der Waals surface area contributed by atoms with Crippen LogP contribution in [0.5, 0.6) is 0 Å². The third-order valence-electron chi connectivity index (χ3n) is 11.1. The lowest BCUT2D eigenvalue weighted by molar-refractivity contribution is -0.132. The van der Waals surface area contributed by atoms with Gasteiger partial charge in [0.15, 0.2) is 0 Å². The number of rotatable bonds is 43. The first-order valence-corrected chi connectivity index (χ1v) is 23.9. The fraction of sp³-hybridized carbons (Fsp3) is 0.857. The normalized spacial score (nSPS) is 14.4. The molecule has 0 saturated heterocycles. The first-order valence-electron chi connectivity index (χ1n) is 23.9. The highest BCUT2D eigenvalue weighted by Gasteiger charge is 2.28. The fourth-order valence-corrected chi connectivity index (χ4v) is 7.24. The molecule has 4 unspecified atom stereocenters. The SMILES string of the molecule is CCCCCCCCCC/C=C/CC/C=C/CCCC(O)C(O)C(CO)NC(=O)C(O)CCCCCCCC/C=C\CCCCCCCCCCCCCC. The maximum absolute atomic E-state index is 12.5. The van der Waals surface area contributed by atoms with Crippen molar-refractivity contribution in [3.8, 4) is 0 Å². The number of carbonyl (C=O) groups excluding carboxylic acids is 1. The van der Waals surface area contributed by atoms with Crippen LogP contribution in [-0.4, -0.2) is 57.3 Å². The summed E-state index contributed by atoms with van der Waals surface area (Å²) in [5, 5.41) is 43.7. The van der Waals surface area contributed by atoms with Crippen molar-refractivity contribution in [3.05, 3.63) is 36.5 Å². The lowest BCUT2D eigenvalue weighted by Crippen LogP contribution is -2.53. The van der Waals surface area contributed by atoms with E-state index < -0.39 is 36.9 Å². The van der Waals surface area contributed by atoms with Crippen molar-refractivity contribution < 1.29 is 25.2 Å². The molecule has 0 heterocycles. The van der Waals surface area contributed by atoms with Gasteiger partial charge in [-0.1, -0.05) is 198 Å². The molecule has 0 rings (SSSR count). The van der Waals surface area contributed by atoms with E-state index in [1.807, 2.05) is 0 Å². The summed E-state index contributed by atoms with van der Waals surface area (Å²) in [5.41, 5.74) is 0. The molecule has 1 amide bonds. The van der Waals surface area contributed by atoms with E-state index in [-0.39, 0.29) is 0 Å². The Morgan fingerprint density at radius 3 is 1.15 bits per heavy atom. The van der Waals surface area contributed by atoms with Gasteiger partial charge in [0.1, 0.15) is 12.2 Å². The molecule has 0 aromatic carbocycles. The summed E-state index contributed by atoms with van der Waals surface area (Å²) in [4.78, 5) is 12.5. The molecule has 5 N–H and O–H groups in total. The van der Waals surface area contributed by atoms with Gasteiger partial charge in [0.2, 0.25) is 5.91 Å². The van der Waals surface area contributed by atoms with Gasteiger partial charge in [0, 0.05) is 0 Å². The molecule has 0 aromatic rings. The summed E-state index contributed by atoms with van der Waals surface area (Å²) >= 11 is 0. The largest absolute Gasteiger partial charge is 0.394 e. The van der Waals surface area contributed by atoms with Crippen LogP contribution in [0.3, 0.4) is 0 Å². The number of carbonyl (C=O) groups is 1. The van der Waals surface area contributed by atoms with Crippen molar-refractivity contribution in [2.75, 3.05) is 6.61 Å². The first-order chi connectivity index (χ1) is 27.0. The van der Waals surface area contributed by atoms with Crippen LogP contribution in [0.2, 0.25) is 0 Å². The third-order valence-corrected chi connectivity index (χ3v) is 11.1. The summed E-state index contributed by atoms with van der Waals surface area (Å²) < 4.78 is 0. The number of hydrogen-bond acceptors (Lipinski definition) is 5. The highest BCUT2D eigenvalue weighted by atomic mass is 16.3. The van der Waals surface area contributed by atoms with Gasteiger partial charge in [-0.15, -0.1) is 0 Å². The molecule has 0 aromatic heterocycles. The van der Waals surface area contributed by atoms with Crippen molar-refractivity contribution in [1.82, 2.24) is 5.32 Å². The standard InChI is InChI=1S/C49H93NO5/c1-3-5-7-9-11-13-15-17-19-21-22-23-24-25-27-29-31-33-35-37-39-41-43-47(53)49(55)50-45(44-51)48(54)46(52)42-40-38-36-34-32-30-28-26-20-18-16-14-12-10-8-6-4-2/h25-28,34,36,45-48,51-54H,3-24,29-33,35,37-44H2,1-2H3,(H,50,55)/b27-25-,28-26+,36-34+. The summed E-state index contributed by atoms with van der Waals surface area (Å²) in [6.45, 7) is 4.04.